The number of nitrogens with two attached hydrogens (primary N) is 1. The summed E-state index contributed by atoms with van der Waals surface area (Å²) in [6, 6.07) is 8.64. The van der Waals surface area contributed by atoms with Crippen LogP contribution >= 0.6 is 0 Å². The van der Waals surface area contributed by atoms with Crippen molar-refractivity contribution in [3.63, 3.8) is 0 Å². The van der Waals surface area contributed by atoms with Gasteiger partial charge in [0.2, 0.25) is 0 Å². The monoisotopic (exact) mass is 278 g/mol. The fourth-order valence-electron chi connectivity index (χ4n) is 3.09. The minimum Gasteiger partial charge on any atom is -0.380 e. The maximum atomic E-state index is 6.07. The second-order valence-electron chi connectivity index (χ2n) is 5.59. The highest BCUT2D eigenvalue weighted by molar-refractivity contribution is 5.30. The van der Waals surface area contributed by atoms with E-state index in [1.165, 1.54) is 11.1 Å². The number of rotatable bonds is 5. The molecule has 112 valence electrons. The number of methoxy groups -OCH3 is 1. The molecule has 0 bridgehead atoms. The normalized spacial score (nSPS) is 25.6. The molecule has 1 aliphatic heterocycles. The van der Waals surface area contributed by atoms with E-state index >= 15 is 0 Å². The molecule has 0 radical (unpaired) electrons. The van der Waals surface area contributed by atoms with Gasteiger partial charge in [-0.2, -0.15) is 0 Å². The predicted molar refractivity (Wildman–Crippen MR) is 80.5 cm³/mol. The first-order valence-corrected chi connectivity index (χ1v) is 7.32. The zero-order chi connectivity index (χ0) is 14.5. The van der Waals surface area contributed by atoms with E-state index < -0.39 is 0 Å². The van der Waals surface area contributed by atoms with Crippen molar-refractivity contribution in [2.75, 3.05) is 26.7 Å². The lowest BCUT2D eigenvalue weighted by Gasteiger charge is -2.40. The van der Waals surface area contributed by atoms with Crippen LogP contribution in [0.1, 0.15) is 31.0 Å². The van der Waals surface area contributed by atoms with Crippen molar-refractivity contribution in [2.24, 2.45) is 5.73 Å². The summed E-state index contributed by atoms with van der Waals surface area (Å²) in [5.41, 5.74) is 8.56. The van der Waals surface area contributed by atoms with E-state index in [0.717, 1.165) is 13.1 Å². The molecule has 0 amide bonds. The molecule has 1 aliphatic rings. The molecule has 0 spiro atoms. The number of morpholine rings is 1. The number of ether oxygens (including phenoxy) is 2. The van der Waals surface area contributed by atoms with Crippen LogP contribution in [-0.4, -0.2) is 43.9 Å². The quantitative estimate of drug-likeness (QED) is 0.894. The van der Waals surface area contributed by atoms with Gasteiger partial charge in [-0.1, -0.05) is 24.3 Å². The number of nitrogens with zero attached hydrogens (tertiary/aromatic N) is 1. The van der Waals surface area contributed by atoms with Crippen molar-refractivity contribution in [1.29, 1.82) is 0 Å². The summed E-state index contributed by atoms with van der Waals surface area (Å²) >= 11 is 0. The van der Waals surface area contributed by atoms with E-state index in [4.69, 9.17) is 15.2 Å². The molecule has 4 heteroatoms. The van der Waals surface area contributed by atoms with Gasteiger partial charge in [0.1, 0.15) is 0 Å². The van der Waals surface area contributed by atoms with Crippen LogP contribution in [0, 0.1) is 0 Å². The predicted octanol–water partition coefficient (Wildman–Crippen LogP) is 1.94. The van der Waals surface area contributed by atoms with E-state index in [1.807, 2.05) is 0 Å². The van der Waals surface area contributed by atoms with Crippen LogP contribution in [0.25, 0.3) is 0 Å². The first-order valence-electron chi connectivity index (χ1n) is 7.32. The fraction of sp³-hybridized carbons (Fsp3) is 0.625. The zero-order valence-electron chi connectivity index (χ0n) is 12.7. The molecular formula is C16H26N2O2. The molecule has 1 heterocycles. The molecule has 0 aromatic heterocycles. The van der Waals surface area contributed by atoms with Crippen LogP contribution in [0.2, 0.25) is 0 Å². The summed E-state index contributed by atoms with van der Waals surface area (Å²) in [4.78, 5) is 2.44. The topological polar surface area (TPSA) is 47.7 Å². The number of benzene rings is 1. The third kappa shape index (κ3) is 3.58. The molecule has 2 N–H and O–H groups in total. The van der Waals surface area contributed by atoms with Crippen molar-refractivity contribution in [3.8, 4) is 0 Å². The lowest BCUT2D eigenvalue weighted by molar-refractivity contribution is -0.0801. The van der Waals surface area contributed by atoms with Crippen LogP contribution in [-0.2, 0) is 16.1 Å². The highest BCUT2D eigenvalue weighted by atomic mass is 16.5. The van der Waals surface area contributed by atoms with Crippen molar-refractivity contribution < 1.29 is 9.47 Å². The standard InChI is InChI=1S/C16H26N2O2/c1-12-9-18(10-13(2)20-12)16(8-17)15-7-5-4-6-14(15)11-19-3/h4-7,12-13,16H,8-11,17H2,1-3H3. The average Bonchev–Trinajstić information content (AvgIpc) is 2.41. The molecule has 0 saturated carbocycles. The molecule has 3 unspecified atom stereocenters. The third-order valence-electron chi connectivity index (χ3n) is 3.83. The van der Waals surface area contributed by atoms with Gasteiger partial charge in [-0.25, -0.2) is 0 Å². The van der Waals surface area contributed by atoms with Crippen LogP contribution < -0.4 is 5.73 Å². The van der Waals surface area contributed by atoms with Gasteiger partial charge < -0.3 is 15.2 Å². The molecule has 4 nitrogen and oxygen atoms in total. The van der Waals surface area contributed by atoms with Crippen molar-refractivity contribution in [1.82, 2.24) is 4.90 Å². The van der Waals surface area contributed by atoms with E-state index in [-0.39, 0.29) is 18.2 Å². The molecule has 1 aromatic rings. The van der Waals surface area contributed by atoms with Crippen LogP contribution in [0.15, 0.2) is 24.3 Å². The minimum atomic E-state index is 0.232. The fourth-order valence-corrected chi connectivity index (χ4v) is 3.09. The Bertz CT molecular complexity index is 415. The second-order valence-corrected chi connectivity index (χ2v) is 5.59. The number of hydrogen-bond acceptors (Lipinski definition) is 4. The Balaban J connectivity index is 2.23. The smallest absolute Gasteiger partial charge is 0.0716 e. The van der Waals surface area contributed by atoms with Crippen molar-refractivity contribution in [2.45, 2.75) is 38.7 Å². The van der Waals surface area contributed by atoms with Gasteiger partial charge in [0.15, 0.2) is 0 Å². The summed E-state index contributed by atoms with van der Waals surface area (Å²) in [5, 5.41) is 0. The molecule has 3 atom stereocenters. The summed E-state index contributed by atoms with van der Waals surface area (Å²) in [6.45, 7) is 7.33. The van der Waals surface area contributed by atoms with Gasteiger partial charge >= 0.3 is 0 Å². The molecule has 20 heavy (non-hydrogen) atoms. The Morgan fingerprint density at radius 2 is 1.95 bits per heavy atom. The van der Waals surface area contributed by atoms with Crippen LogP contribution in [0.5, 0.6) is 0 Å². The summed E-state index contributed by atoms with van der Waals surface area (Å²) < 4.78 is 11.1. The zero-order valence-corrected chi connectivity index (χ0v) is 12.7. The molecule has 1 aromatic carbocycles. The first-order chi connectivity index (χ1) is 9.65. The second kappa shape index (κ2) is 7.18. The lowest BCUT2D eigenvalue weighted by Crippen LogP contribution is -2.48. The summed E-state index contributed by atoms with van der Waals surface area (Å²) in [5.74, 6) is 0. The minimum absolute atomic E-state index is 0.232. The highest BCUT2D eigenvalue weighted by Crippen LogP contribution is 2.27. The summed E-state index contributed by atoms with van der Waals surface area (Å²) in [6.07, 6.45) is 0.504. The Morgan fingerprint density at radius 3 is 2.55 bits per heavy atom. The Kier molecular flexibility index (Phi) is 5.54. The molecule has 1 fully saturated rings. The maximum absolute atomic E-state index is 6.07. The van der Waals surface area contributed by atoms with E-state index in [2.05, 4.69) is 43.0 Å². The van der Waals surface area contributed by atoms with Crippen LogP contribution in [0.3, 0.4) is 0 Å². The Morgan fingerprint density at radius 1 is 1.30 bits per heavy atom. The average molecular weight is 278 g/mol. The number of hydrogen-bond donors (Lipinski definition) is 1. The van der Waals surface area contributed by atoms with E-state index in [0.29, 0.717) is 13.2 Å². The highest BCUT2D eigenvalue weighted by Gasteiger charge is 2.29. The lowest BCUT2D eigenvalue weighted by atomic mass is 9.98. The van der Waals surface area contributed by atoms with Gasteiger partial charge in [0, 0.05) is 32.8 Å². The van der Waals surface area contributed by atoms with E-state index in [9.17, 15) is 0 Å². The third-order valence-corrected chi connectivity index (χ3v) is 3.83. The molecular weight excluding hydrogens is 252 g/mol. The van der Waals surface area contributed by atoms with Crippen molar-refractivity contribution in [3.05, 3.63) is 35.4 Å². The largest absolute Gasteiger partial charge is 0.380 e. The van der Waals surface area contributed by atoms with Crippen LogP contribution in [0.4, 0.5) is 0 Å². The summed E-state index contributed by atoms with van der Waals surface area (Å²) in [7, 11) is 1.73. The van der Waals surface area contributed by atoms with Gasteiger partial charge in [0.25, 0.3) is 0 Å². The van der Waals surface area contributed by atoms with Gasteiger partial charge in [0.05, 0.1) is 18.8 Å². The van der Waals surface area contributed by atoms with Gasteiger partial charge in [-0.15, -0.1) is 0 Å². The first kappa shape index (κ1) is 15.4. The van der Waals surface area contributed by atoms with Gasteiger partial charge in [-0.05, 0) is 25.0 Å². The van der Waals surface area contributed by atoms with Gasteiger partial charge in [-0.3, -0.25) is 4.90 Å². The SMILES string of the molecule is COCc1ccccc1C(CN)N1CC(C)OC(C)C1. The molecule has 0 aliphatic carbocycles. The van der Waals surface area contributed by atoms with E-state index in [1.54, 1.807) is 7.11 Å². The Labute approximate surface area is 121 Å². The molecule has 2 rings (SSSR count). The molecule has 1 saturated heterocycles. The Hall–Kier alpha value is -0.940. The van der Waals surface area contributed by atoms with Crippen molar-refractivity contribution >= 4 is 0 Å². The maximum Gasteiger partial charge on any atom is 0.0716 e.